The second-order valence-corrected chi connectivity index (χ2v) is 10.8. The summed E-state index contributed by atoms with van der Waals surface area (Å²) in [6, 6.07) is 7.85. The molecule has 0 radical (unpaired) electrons. The van der Waals surface area contributed by atoms with Crippen molar-refractivity contribution in [3.05, 3.63) is 86.4 Å². The lowest BCUT2D eigenvalue weighted by Crippen LogP contribution is -2.39. The number of ketones is 2. The summed E-state index contributed by atoms with van der Waals surface area (Å²) in [5.41, 5.74) is 1.65. The van der Waals surface area contributed by atoms with Gasteiger partial charge in [0.1, 0.15) is 0 Å². The fraction of sp³-hybridized carbons (Fsp3) is 0.286. The van der Waals surface area contributed by atoms with Crippen LogP contribution in [0.4, 0.5) is 4.39 Å². The number of allylic oxidation sites excluding steroid dienone is 6. The average Bonchev–Trinajstić information content (AvgIpc) is 3.46. The Hall–Kier alpha value is -3.65. The predicted molar refractivity (Wildman–Crippen MR) is 129 cm³/mol. The number of halogens is 1. The Balaban J connectivity index is 1.48. The molecule has 1 aliphatic heterocycles. The summed E-state index contributed by atoms with van der Waals surface area (Å²) in [4.78, 5) is 55.6. The molecule has 4 aliphatic rings. The molecule has 1 fully saturated rings. The van der Waals surface area contributed by atoms with E-state index in [0.717, 1.165) is 10.9 Å². The molecule has 1 saturated heterocycles. The second kappa shape index (κ2) is 8.20. The lowest BCUT2D eigenvalue weighted by atomic mass is 9.59. The highest BCUT2D eigenvalue weighted by Crippen LogP contribution is 2.56. The number of benzene rings is 1. The molecule has 2 amide bonds. The van der Waals surface area contributed by atoms with Gasteiger partial charge in [-0.15, -0.1) is 11.3 Å². The van der Waals surface area contributed by atoms with Crippen molar-refractivity contribution in [2.45, 2.75) is 32.2 Å². The van der Waals surface area contributed by atoms with Crippen molar-refractivity contribution < 1.29 is 28.7 Å². The minimum atomic E-state index is -0.871. The summed E-state index contributed by atoms with van der Waals surface area (Å²) >= 11 is 1.47. The summed E-state index contributed by atoms with van der Waals surface area (Å²) in [6.07, 6.45) is 3.60. The summed E-state index contributed by atoms with van der Waals surface area (Å²) in [7, 11) is 0. The van der Waals surface area contributed by atoms with Crippen LogP contribution in [0.3, 0.4) is 0 Å². The third-order valence-corrected chi connectivity index (χ3v) is 8.74. The zero-order chi connectivity index (χ0) is 25.3. The van der Waals surface area contributed by atoms with Crippen LogP contribution in [-0.4, -0.2) is 33.4 Å². The van der Waals surface area contributed by atoms with Crippen LogP contribution in [0.25, 0.3) is 0 Å². The largest absolute Gasteiger partial charge is 0.505 e. The van der Waals surface area contributed by atoms with Crippen molar-refractivity contribution in [2.75, 3.05) is 0 Å². The molecule has 2 heterocycles. The van der Waals surface area contributed by atoms with Gasteiger partial charge in [0.2, 0.25) is 11.8 Å². The van der Waals surface area contributed by atoms with Gasteiger partial charge < -0.3 is 5.11 Å². The number of hydrogen-bond donors (Lipinski definition) is 1. The van der Waals surface area contributed by atoms with Crippen molar-refractivity contribution in [3.8, 4) is 5.75 Å². The first-order valence-corrected chi connectivity index (χ1v) is 12.7. The number of phenolic OH excluding ortho intramolecular Hbond substituents is 1. The summed E-state index contributed by atoms with van der Waals surface area (Å²) in [5, 5.41) is 12.5. The molecule has 4 atom stereocenters. The summed E-state index contributed by atoms with van der Waals surface area (Å²) in [5.74, 6) is -5.21. The molecule has 6 rings (SSSR count). The molecular formula is C28H22FNO5S. The van der Waals surface area contributed by atoms with Crippen molar-refractivity contribution in [2.24, 2.45) is 17.8 Å². The van der Waals surface area contributed by atoms with Crippen LogP contribution in [0.1, 0.15) is 36.1 Å². The number of para-hydroxylation sites is 1. The molecule has 0 bridgehead atoms. The minimum Gasteiger partial charge on any atom is -0.505 e. The number of aromatic hydroxyl groups is 1. The highest BCUT2D eigenvalue weighted by Gasteiger charge is 2.56. The van der Waals surface area contributed by atoms with Crippen LogP contribution in [0, 0.1) is 23.6 Å². The van der Waals surface area contributed by atoms with Gasteiger partial charge in [0, 0.05) is 33.1 Å². The highest BCUT2D eigenvalue weighted by atomic mass is 32.1. The molecule has 8 heteroatoms. The number of amides is 2. The van der Waals surface area contributed by atoms with Crippen molar-refractivity contribution >= 4 is 34.7 Å². The summed E-state index contributed by atoms with van der Waals surface area (Å²) in [6.45, 7) is 1.76. The third kappa shape index (κ3) is 3.20. The number of rotatable bonds is 3. The van der Waals surface area contributed by atoms with Gasteiger partial charge in [-0.2, -0.15) is 0 Å². The van der Waals surface area contributed by atoms with Crippen molar-refractivity contribution in [1.82, 2.24) is 4.90 Å². The number of phenols is 1. The van der Waals surface area contributed by atoms with Gasteiger partial charge in [0.25, 0.3) is 0 Å². The van der Waals surface area contributed by atoms with Gasteiger partial charge >= 0.3 is 0 Å². The number of nitrogens with zero attached hydrogens (tertiary/aromatic N) is 1. The average molecular weight is 504 g/mol. The number of carbonyl (C=O) groups is 4. The van der Waals surface area contributed by atoms with E-state index in [2.05, 4.69) is 0 Å². The molecule has 2 aromatic rings. The maximum atomic E-state index is 14.4. The maximum Gasteiger partial charge on any atom is 0.234 e. The van der Waals surface area contributed by atoms with E-state index in [0.29, 0.717) is 12.0 Å². The topological polar surface area (TPSA) is 91.8 Å². The number of carbonyl (C=O) groups excluding carboxylic acids is 4. The van der Waals surface area contributed by atoms with Gasteiger partial charge in [-0.1, -0.05) is 29.8 Å². The van der Waals surface area contributed by atoms with E-state index in [-0.39, 0.29) is 58.6 Å². The standard InChI is InChI=1S/C28H22FNO5S/c1-13-10-21(31)19-11-18-15(22(24(19)25(13)32)16-5-2-6-20(29)26(16)33)7-8-17-23(18)28(35)30(27(17)34)12-14-4-3-9-36-14/h2-7,9-10,17-18,22-23,33H,8,11-12H2,1H3/t17-,18+,22+,23-/m0/s1. The van der Waals surface area contributed by atoms with Crippen LogP contribution in [-0.2, 0) is 25.7 Å². The van der Waals surface area contributed by atoms with Crippen LogP contribution >= 0.6 is 11.3 Å². The van der Waals surface area contributed by atoms with Gasteiger partial charge in [-0.25, -0.2) is 4.39 Å². The first kappa shape index (κ1) is 22.8. The fourth-order valence-electron chi connectivity index (χ4n) is 6.26. The van der Waals surface area contributed by atoms with Crippen LogP contribution in [0.15, 0.2) is 70.2 Å². The zero-order valence-corrected chi connectivity index (χ0v) is 20.2. The smallest absolute Gasteiger partial charge is 0.234 e. The normalized spacial score (nSPS) is 27.6. The van der Waals surface area contributed by atoms with Crippen LogP contribution < -0.4 is 0 Å². The van der Waals surface area contributed by atoms with E-state index >= 15 is 0 Å². The molecule has 1 aromatic heterocycles. The molecule has 0 unspecified atom stereocenters. The fourth-order valence-corrected chi connectivity index (χ4v) is 6.95. The van der Waals surface area contributed by atoms with Crippen LogP contribution in [0.2, 0.25) is 0 Å². The first-order valence-electron chi connectivity index (χ1n) is 11.8. The maximum absolute atomic E-state index is 14.4. The van der Waals surface area contributed by atoms with E-state index in [9.17, 15) is 28.7 Å². The van der Waals surface area contributed by atoms with Crippen molar-refractivity contribution in [1.29, 1.82) is 0 Å². The third-order valence-electron chi connectivity index (χ3n) is 7.88. The molecule has 0 spiro atoms. The van der Waals surface area contributed by atoms with Crippen LogP contribution in [0.5, 0.6) is 5.75 Å². The van der Waals surface area contributed by atoms with E-state index < -0.39 is 35.2 Å². The zero-order valence-electron chi connectivity index (χ0n) is 19.4. The van der Waals surface area contributed by atoms with E-state index in [1.807, 2.05) is 23.6 Å². The minimum absolute atomic E-state index is 0.148. The summed E-state index contributed by atoms with van der Waals surface area (Å²) < 4.78 is 14.4. The number of fused-ring (bicyclic) bond motifs is 3. The Bertz CT molecular complexity index is 1450. The second-order valence-electron chi connectivity index (χ2n) is 9.75. The Labute approximate surface area is 210 Å². The molecular weight excluding hydrogens is 481 g/mol. The lowest BCUT2D eigenvalue weighted by Gasteiger charge is -2.42. The molecule has 36 heavy (non-hydrogen) atoms. The van der Waals surface area contributed by atoms with Crippen molar-refractivity contribution in [3.63, 3.8) is 0 Å². The molecule has 3 aliphatic carbocycles. The number of likely N-dealkylation sites (tertiary alicyclic amines) is 1. The Morgan fingerprint density at radius 1 is 1.08 bits per heavy atom. The van der Waals surface area contributed by atoms with E-state index in [4.69, 9.17) is 0 Å². The van der Waals surface area contributed by atoms with E-state index in [1.54, 1.807) is 13.0 Å². The van der Waals surface area contributed by atoms with Gasteiger partial charge in [0.05, 0.1) is 18.4 Å². The molecule has 0 saturated carbocycles. The van der Waals surface area contributed by atoms with Gasteiger partial charge in [0.15, 0.2) is 23.1 Å². The number of Topliss-reactive ketones (excluding diaryl/α,β-unsaturated/α-hetero) is 1. The lowest BCUT2D eigenvalue weighted by molar-refractivity contribution is -0.140. The molecule has 182 valence electrons. The quantitative estimate of drug-likeness (QED) is 0.385. The Morgan fingerprint density at radius 3 is 2.64 bits per heavy atom. The van der Waals surface area contributed by atoms with Gasteiger partial charge in [-0.3, -0.25) is 24.1 Å². The SMILES string of the molecule is CC1=CC(=O)C2=C(C1=O)[C@@H](c1cccc(F)c1O)C1=CC[C@@H]3C(=O)N(Cc4cccs4)C(=O)[C@@H]3[C@@H]1C2. The Kier molecular flexibility index (Phi) is 5.19. The Morgan fingerprint density at radius 2 is 1.89 bits per heavy atom. The monoisotopic (exact) mass is 503 g/mol. The van der Waals surface area contributed by atoms with Gasteiger partial charge in [-0.05, 0) is 49.3 Å². The number of imide groups is 1. The molecule has 1 N–H and O–H groups in total. The number of hydrogen-bond acceptors (Lipinski definition) is 6. The molecule has 6 nitrogen and oxygen atoms in total. The molecule has 1 aromatic carbocycles. The predicted octanol–water partition coefficient (Wildman–Crippen LogP) is 4.22. The number of thiophene rings is 1. The first-order chi connectivity index (χ1) is 17.3. The van der Waals surface area contributed by atoms with E-state index in [1.165, 1.54) is 28.4 Å². The highest BCUT2D eigenvalue weighted by molar-refractivity contribution is 7.09.